The molecule has 7 heavy (non-hydrogen) atoms. The van der Waals surface area contributed by atoms with Crippen molar-refractivity contribution in [2.75, 3.05) is 0 Å². The summed E-state index contributed by atoms with van der Waals surface area (Å²) in [5.41, 5.74) is 0. The maximum atomic E-state index is 2.00. The van der Waals surface area contributed by atoms with Crippen LogP contribution in [0.15, 0.2) is 36.4 Å². The van der Waals surface area contributed by atoms with Crippen molar-refractivity contribution in [1.82, 2.24) is 0 Å². The Hall–Kier alpha value is 0.701. The minimum absolute atomic E-state index is 0. The molecule has 0 aliphatic carbocycles. The Labute approximate surface area is 80.8 Å². The molecule has 0 bridgehead atoms. The third-order valence-electron chi connectivity index (χ3n) is 0.667. The standard InChI is InChI=1S/C6H6.Sr/c1-2-4-6-5-3-1;/h1-6H;. The van der Waals surface area contributed by atoms with Gasteiger partial charge in [-0.25, -0.2) is 0 Å². The second kappa shape index (κ2) is 4.85. The maximum Gasteiger partial charge on any atom is 0 e. The third-order valence-corrected chi connectivity index (χ3v) is 0.667. The minimum atomic E-state index is 0. The number of rotatable bonds is 0. The summed E-state index contributed by atoms with van der Waals surface area (Å²) in [6, 6.07) is 12.0. The van der Waals surface area contributed by atoms with Crippen LogP contribution in [0.4, 0.5) is 0 Å². The van der Waals surface area contributed by atoms with E-state index in [0.29, 0.717) is 0 Å². The largest absolute Gasteiger partial charge is 0.0623 e. The van der Waals surface area contributed by atoms with Crippen LogP contribution in [0, 0.1) is 0 Å². The summed E-state index contributed by atoms with van der Waals surface area (Å²) in [5, 5.41) is 0. The van der Waals surface area contributed by atoms with Crippen molar-refractivity contribution in [3.63, 3.8) is 0 Å². The molecule has 0 N–H and O–H groups in total. The fourth-order valence-corrected chi connectivity index (χ4v) is 0.385. The van der Waals surface area contributed by atoms with Gasteiger partial charge in [0.05, 0.1) is 0 Å². The Bertz CT molecular complexity index is 76.1. The Morgan fingerprint density at radius 1 is 0.429 bits per heavy atom. The monoisotopic (exact) mass is 166 g/mol. The fraction of sp³-hybridized carbons (Fsp3) is 0. The maximum absolute atomic E-state index is 2.00. The van der Waals surface area contributed by atoms with Crippen molar-refractivity contribution in [3.8, 4) is 0 Å². The zero-order valence-corrected chi connectivity index (χ0v) is 7.65. The summed E-state index contributed by atoms with van der Waals surface area (Å²) in [6.07, 6.45) is 0. The van der Waals surface area contributed by atoms with Crippen molar-refractivity contribution >= 4 is 45.5 Å². The molecule has 0 aliphatic rings. The van der Waals surface area contributed by atoms with Crippen molar-refractivity contribution in [2.24, 2.45) is 0 Å². The first-order valence-electron chi connectivity index (χ1n) is 2.00. The molecule has 0 aliphatic heterocycles. The number of hydrogen-bond acceptors (Lipinski definition) is 0. The summed E-state index contributed by atoms with van der Waals surface area (Å²) in [5.74, 6) is 0. The van der Waals surface area contributed by atoms with E-state index < -0.39 is 0 Å². The molecular weight excluding hydrogens is 160 g/mol. The zero-order chi connectivity index (χ0) is 4.24. The van der Waals surface area contributed by atoms with Crippen LogP contribution in [-0.4, -0.2) is 45.5 Å². The predicted molar refractivity (Wildman–Crippen MR) is 32.2 cm³/mol. The van der Waals surface area contributed by atoms with Gasteiger partial charge in [-0.05, 0) is 0 Å². The third kappa shape index (κ3) is 3.30. The Balaban J connectivity index is 0.000000360. The number of benzene rings is 1. The molecule has 0 saturated heterocycles. The van der Waals surface area contributed by atoms with E-state index in [1.807, 2.05) is 36.4 Å². The van der Waals surface area contributed by atoms with E-state index in [1.165, 1.54) is 0 Å². The van der Waals surface area contributed by atoms with Crippen molar-refractivity contribution in [3.05, 3.63) is 36.4 Å². The van der Waals surface area contributed by atoms with E-state index in [0.717, 1.165) is 0 Å². The van der Waals surface area contributed by atoms with Crippen LogP contribution in [0.3, 0.4) is 0 Å². The van der Waals surface area contributed by atoms with E-state index in [9.17, 15) is 0 Å². The molecule has 0 spiro atoms. The van der Waals surface area contributed by atoms with Gasteiger partial charge < -0.3 is 0 Å². The van der Waals surface area contributed by atoms with Crippen LogP contribution >= 0.6 is 0 Å². The molecule has 32 valence electrons. The molecule has 1 heteroatoms. The predicted octanol–water partition coefficient (Wildman–Crippen LogP) is 1.31. The summed E-state index contributed by atoms with van der Waals surface area (Å²) >= 11 is 0. The molecule has 1 aromatic carbocycles. The summed E-state index contributed by atoms with van der Waals surface area (Å²) < 4.78 is 0. The van der Waals surface area contributed by atoms with Gasteiger partial charge in [0.1, 0.15) is 0 Å². The molecular formula is C6H6Sr. The first-order chi connectivity index (χ1) is 3.00. The van der Waals surface area contributed by atoms with Gasteiger partial charge in [0.2, 0.25) is 0 Å². The molecule has 0 heterocycles. The van der Waals surface area contributed by atoms with Gasteiger partial charge in [-0.15, -0.1) is 0 Å². The van der Waals surface area contributed by atoms with E-state index in [1.54, 1.807) is 0 Å². The summed E-state index contributed by atoms with van der Waals surface area (Å²) in [6.45, 7) is 0. The van der Waals surface area contributed by atoms with Crippen LogP contribution in [0.1, 0.15) is 0 Å². The van der Waals surface area contributed by atoms with Gasteiger partial charge in [0, 0.05) is 45.5 Å². The topological polar surface area (TPSA) is 0 Å². The fourth-order valence-electron chi connectivity index (χ4n) is 0.385. The van der Waals surface area contributed by atoms with E-state index in [-0.39, 0.29) is 45.5 Å². The Morgan fingerprint density at radius 2 is 0.571 bits per heavy atom. The Kier molecular flexibility index (Phi) is 5.34. The normalized spacial score (nSPS) is 6.86. The van der Waals surface area contributed by atoms with Crippen LogP contribution in [-0.2, 0) is 0 Å². The molecule has 0 aromatic heterocycles. The van der Waals surface area contributed by atoms with Crippen molar-refractivity contribution < 1.29 is 0 Å². The second-order valence-corrected chi connectivity index (χ2v) is 1.15. The molecule has 0 nitrogen and oxygen atoms in total. The van der Waals surface area contributed by atoms with Crippen LogP contribution in [0.5, 0.6) is 0 Å². The van der Waals surface area contributed by atoms with Gasteiger partial charge >= 0.3 is 0 Å². The van der Waals surface area contributed by atoms with Gasteiger partial charge in [-0.1, -0.05) is 36.4 Å². The van der Waals surface area contributed by atoms with Crippen molar-refractivity contribution in [2.45, 2.75) is 0 Å². The minimum Gasteiger partial charge on any atom is -0.0623 e. The van der Waals surface area contributed by atoms with Crippen LogP contribution < -0.4 is 0 Å². The first kappa shape index (κ1) is 7.70. The van der Waals surface area contributed by atoms with E-state index in [2.05, 4.69) is 0 Å². The molecule has 0 atom stereocenters. The molecule has 2 radical (unpaired) electrons. The number of hydrogen-bond donors (Lipinski definition) is 0. The van der Waals surface area contributed by atoms with Crippen molar-refractivity contribution in [1.29, 1.82) is 0 Å². The first-order valence-corrected chi connectivity index (χ1v) is 2.00. The van der Waals surface area contributed by atoms with Gasteiger partial charge in [0.25, 0.3) is 0 Å². The molecule has 1 aromatic rings. The smallest absolute Gasteiger partial charge is 0 e. The average Bonchev–Trinajstić information content (AvgIpc) is 1.72. The molecule has 0 amide bonds. The molecule has 0 saturated carbocycles. The second-order valence-electron chi connectivity index (χ2n) is 1.15. The molecule has 1 rings (SSSR count). The van der Waals surface area contributed by atoms with Gasteiger partial charge in [-0.2, -0.15) is 0 Å². The molecule has 0 unspecified atom stereocenters. The zero-order valence-electron chi connectivity index (χ0n) is 4.17. The van der Waals surface area contributed by atoms with E-state index in [4.69, 9.17) is 0 Å². The molecule has 0 fully saturated rings. The van der Waals surface area contributed by atoms with Gasteiger partial charge in [0.15, 0.2) is 0 Å². The Morgan fingerprint density at radius 3 is 0.714 bits per heavy atom. The van der Waals surface area contributed by atoms with E-state index >= 15 is 0 Å². The SMILES string of the molecule is [Sr].c1ccccc1. The van der Waals surface area contributed by atoms with Crippen LogP contribution in [0.2, 0.25) is 0 Å². The van der Waals surface area contributed by atoms with Crippen LogP contribution in [0.25, 0.3) is 0 Å². The van der Waals surface area contributed by atoms with Gasteiger partial charge in [-0.3, -0.25) is 0 Å². The average molecular weight is 166 g/mol. The summed E-state index contributed by atoms with van der Waals surface area (Å²) in [7, 11) is 0. The summed E-state index contributed by atoms with van der Waals surface area (Å²) in [4.78, 5) is 0. The quantitative estimate of drug-likeness (QED) is 0.509.